The van der Waals surface area contributed by atoms with E-state index in [0.717, 1.165) is 0 Å². The Balaban J connectivity index is 0. The maximum atomic E-state index is 3.44. The first-order chi connectivity index (χ1) is 8.06. The van der Waals surface area contributed by atoms with Gasteiger partial charge in [-0.1, -0.05) is 19.6 Å². The second-order valence-corrected chi connectivity index (χ2v) is 10.3. The zero-order valence-electron chi connectivity index (χ0n) is 10.8. The van der Waals surface area contributed by atoms with Gasteiger partial charge in [-0.15, -0.1) is 10.8 Å². The van der Waals surface area contributed by atoms with Crippen molar-refractivity contribution in [2.75, 3.05) is 0 Å². The van der Waals surface area contributed by atoms with E-state index in [0.29, 0.717) is 0 Å². The smallest absolute Gasteiger partial charge is 0.333 e. The molecular weight excluding hydrogens is 324 g/mol. The molecule has 0 saturated carbocycles. The first-order valence-electron chi connectivity index (χ1n) is 5.14. The van der Waals surface area contributed by atoms with E-state index in [1.165, 1.54) is 0 Å². The van der Waals surface area contributed by atoms with Crippen molar-refractivity contribution in [2.45, 2.75) is 19.6 Å². The normalized spacial score (nSPS) is 8.17. The minimum atomic E-state index is -1.08. The summed E-state index contributed by atoms with van der Waals surface area (Å²) < 4.78 is 0. The van der Waals surface area contributed by atoms with Crippen molar-refractivity contribution in [1.29, 1.82) is 0 Å². The van der Waals surface area contributed by atoms with Gasteiger partial charge >= 0.3 is 17.1 Å². The summed E-state index contributed by atoms with van der Waals surface area (Å²) in [6.45, 7) is 10.0. The van der Waals surface area contributed by atoms with Crippen LogP contribution in [0.5, 0.6) is 0 Å². The molecule has 0 fully saturated rings. The van der Waals surface area contributed by atoms with Crippen LogP contribution in [0.1, 0.15) is 0 Å². The van der Waals surface area contributed by atoms with Gasteiger partial charge in [0, 0.05) is 8.07 Å². The molecule has 1 radical (unpaired) electrons. The summed E-state index contributed by atoms with van der Waals surface area (Å²) in [6.07, 6.45) is 0. The molecule has 0 aliphatic rings. The Morgan fingerprint density at radius 1 is 1.00 bits per heavy atom. The molecule has 0 aromatic carbocycles. The van der Waals surface area contributed by atoms with Crippen molar-refractivity contribution < 1.29 is 17.1 Å². The van der Waals surface area contributed by atoms with Crippen molar-refractivity contribution in [3.63, 3.8) is 0 Å². The van der Waals surface area contributed by atoms with Gasteiger partial charge in [-0.25, -0.2) is 12.1 Å². The molecule has 4 heteroatoms. The van der Waals surface area contributed by atoms with Gasteiger partial charge in [-0.3, -0.25) is 5.92 Å². The molecule has 0 nitrogen and oxygen atoms in total. The molecule has 2 rings (SSSR count). The predicted octanol–water partition coefficient (Wildman–Crippen LogP) is 4.80. The molecule has 0 N–H and O–H groups in total. The molecule has 2 aromatic rings. The van der Waals surface area contributed by atoms with E-state index in [4.69, 9.17) is 0 Å². The fourth-order valence-corrected chi connectivity index (χ4v) is 1.97. The summed E-state index contributed by atoms with van der Waals surface area (Å²) in [4.78, 5) is 0. The maximum absolute atomic E-state index is 3.44. The van der Waals surface area contributed by atoms with E-state index in [2.05, 4.69) is 48.8 Å². The van der Waals surface area contributed by atoms with Crippen LogP contribution in [-0.4, -0.2) is 8.07 Å². The van der Waals surface area contributed by atoms with Crippen LogP contribution in [0.25, 0.3) is 0 Å². The largest absolute Gasteiger partial charge is 2.00 e. The quantitative estimate of drug-likeness (QED) is 0.367. The van der Waals surface area contributed by atoms with Crippen molar-refractivity contribution >= 4 is 30.7 Å². The summed E-state index contributed by atoms with van der Waals surface area (Å²) in [5, 5.41) is 9.78. The second-order valence-electron chi connectivity index (χ2n) is 4.01. The van der Waals surface area contributed by atoms with Gasteiger partial charge in [0.15, 0.2) is 0 Å². The summed E-state index contributed by atoms with van der Waals surface area (Å²) in [7, 11) is -1.08. The van der Waals surface area contributed by atoms with Crippen LogP contribution in [0.3, 0.4) is 0 Å². The van der Waals surface area contributed by atoms with Crippen molar-refractivity contribution in [2.24, 2.45) is 0 Å². The van der Waals surface area contributed by atoms with Gasteiger partial charge < -0.3 is 28.2 Å². The molecule has 0 amide bonds. The molecule has 0 spiro atoms. The predicted molar refractivity (Wildman–Crippen MR) is 82.8 cm³/mol. The summed E-state index contributed by atoms with van der Waals surface area (Å²) in [5.41, 5.74) is 3.06. The Hall–Kier alpha value is -0.434. The molecule has 18 heavy (non-hydrogen) atoms. The van der Waals surface area contributed by atoms with Crippen LogP contribution in [0, 0.1) is 29.1 Å². The fraction of sp³-hybridized carbons (Fsp3) is 0.214. The van der Waals surface area contributed by atoms with E-state index < -0.39 is 8.07 Å². The Kier molecular flexibility index (Phi) is 14.4. The molecule has 2 heterocycles. The first-order valence-corrected chi connectivity index (χ1v) is 10.4. The van der Waals surface area contributed by atoms with Gasteiger partial charge in [0.2, 0.25) is 0 Å². The molecule has 0 unspecified atom stereocenters. The summed E-state index contributed by atoms with van der Waals surface area (Å²) in [6, 6.07) is 7.71. The van der Waals surface area contributed by atoms with E-state index in [9.17, 15) is 0 Å². The average Bonchev–Trinajstić information content (AvgIpc) is 2.96. The molecule has 0 bridgehead atoms. The van der Waals surface area contributed by atoms with Crippen LogP contribution < -0.4 is 0 Å². The monoisotopic (exact) mass is 340 g/mol. The first kappa shape index (κ1) is 19.9. The molecule has 0 saturated heterocycles. The van der Waals surface area contributed by atoms with Crippen LogP contribution >= 0.6 is 22.7 Å². The zero-order valence-corrected chi connectivity index (χ0v) is 14.4. The van der Waals surface area contributed by atoms with Crippen molar-refractivity contribution in [1.82, 2.24) is 0 Å². The van der Waals surface area contributed by atoms with Gasteiger partial charge in [-0.2, -0.15) is 29.8 Å². The van der Waals surface area contributed by atoms with Crippen LogP contribution in [0.15, 0.2) is 35.0 Å². The van der Waals surface area contributed by atoms with Crippen LogP contribution in [-0.2, 0) is 17.1 Å². The minimum Gasteiger partial charge on any atom is -0.333 e. The Labute approximate surface area is 131 Å². The van der Waals surface area contributed by atoms with Gasteiger partial charge in [0.05, 0.1) is 0 Å². The molecule has 0 aliphatic heterocycles. The second kappa shape index (κ2) is 13.0. The molecule has 2 aromatic heterocycles. The standard InChI is InChI=1S/C6H11Si.2C4H3S.Cu/c1-5-6-7(2,3)4;2*1-2-4-5-3-1;/h1H2,2-4H3;2*1-3H;/q3*-1;+2. The van der Waals surface area contributed by atoms with E-state index >= 15 is 0 Å². The Morgan fingerprint density at radius 3 is 1.50 bits per heavy atom. The maximum Gasteiger partial charge on any atom is 2.00 e. The number of rotatable bonds is 0. The van der Waals surface area contributed by atoms with Crippen molar-refractivity contribution in [3.8, 4) is 11.5 Å². The summed E-state index contributed by atoms with van der Waals surface area (Å²) in [5.74, 6) is 2.67. The van der Waals surface area contributed by atoms with Crippen LogP contribution in [0.2, 0.25) is 19.6 Å². The summed E-state index contributed by atoms with van der Waals surface area (Å²) >= 11 is 3.18. The Morgan fingerprint density at radius 2 is 1.44 bits per heavy atom. The number of hydrogen-bond donors (Lipinski definition) is 0. The van der Waals surface area contributed by atoms with E-state index in [1.807, 2.05) is 35.0 Å². The molecular formula is C14H17CuS2Si-. The van der Waals surface area contributed by atoms with E-state index in [-0.39, 0.29) is 17.1 Å². The minimum absolute atomic E-state index is 0. The fourth-order valence-electron chi connectivity index (χ4n) is 0.658. The SMILES string of the molecule is [CH2-]C#C[Si](C)(C)C.[Cu+2].[c-]1cccs1.[c-]1cccs1. The third kappa shape index (κ3) is 17.9. The van der Waals surface area contributed by atoms with Gasteiger partial charge in [-0.05, 0) is 0 Å². The van der Waals surface area contributed by atoms with Crippen molar-refractivity contribution in [3.05, 3.63) is 52.7 Å². The molecule has 0 aliphatic carbocycles. The average molecular weight is 341 g/mol. The van der Waals surface area contributed by atoms with Gasteiger partial charge in [0.1, 0.15) is 0 Å². The van der Waals surface area contributed by atoms with E-state index in [1.54, 1.807) is 22.7 Å². The molecule has 101 valence electrons. The Bertz CT molecular complexity index is 330. The zero-order chi connectivity index (χ0) is 13.0. The topological polar surface area (TPSA) is 0 Å². The molecule has 0 atom stereocenters. The van der Waals surface area contributed by atoms with Gasteiger partial charge in [0.25, 0.3) is 0 Å². The third-order valence-electron chi connectivity index (χ3n) is 1.22. The third-order valence-corrected chi connectivity index (χ3v) is 3.28. The van der Waals surface area contributed by atoms with Crippen LogP contribution in [0.4, 0.5) is 0 Å². The number of thiophene rings is 2. The number of hydrogen-bond acceptors (Lipinski definition) is 2.